The van der Waals surface area contributed by atoms with Crippen LogP contribution < -0.4 is 0 Å². The number of rotatable bonds is 2. The molecule has 1 aromatic rings. The van der Waals surface area contributed by atoms with E-state index in [0.29, 0.717) is 0 Å². The zero-order chi connectivity index (χ0) is 10.4. The van der Waals surface area contributed by atoms with E-state index in [1.54, 1.807) is 6.07 Å². The van der Waals surface area contributed by atoms with E-state index in [9.17, 15) is 4.79 Å². The van der Waals surface area contributed by atoms with Crippen molar-refractivity contribution in [1.29, 1.82) is 0 Å². The molecule has 0 saturated carbocycles. The molecule has 0 fully saturated rings. The van der Waals surface area contributed by atoms with Crippen molar-refractivity contribution in [1.82, 2.24) is 0 Å². The van der Waals surface area contributed by atoms with Crippen LogP contribution in [-0.2, 0) is 4.79 Å². The van der Waals surface area contributed by atoms with Crippen LogP contribution in [0.25, 0.3) is 6.08 Å². The second-order valence-corrected chi connectivity index (χ2v) is 3.31. The highest BCUT2D eigenvalue weighted by molar-refractivity contribution is 7.11. The van der Waals surface area contributed by atoms with Crippen molar-refractivity contribution in [3.05, 3.63) is 28.0 Å². The van der Waals surface area contributed by atoms with Crippen LogP contribution in [0.1, 0.15) is 10.4 Å². The van der Waals surface area contributed by atoms with E-state index in [1.165, 1.54) is 17.4 Å². The maximum Gasteiger partial charge on any atom is 0.328 e. The van der Waals surface area contributed by atoms with Crippen LogP contribution in [-0.4, -0.2) is 22.8 Å². The first-order valence-corrected chi connectivity index (χ1v) is 4.69. The third kappa shape index (κ3) is 3.44. The van der Waals surface area contributed by atoms with E-state index >= 15 is 0 Å². The van der Waals surface area contributed by atoms with Crippen LogP contribution in [0.5, 0.6) is 0 Å². The van der Waals surface area contributed by atoms with E-state index < -0.39 is 5.97 Å². The topological polar surface area (TPSA) is 57.5 Å². The minimum atomic E-state index is -0.971. The van der Waals surface area contributed by atoms with Crippen molar-refractivity contribution in [2.45, 2.75) is 0 Å². The van der Waals surface area contributed by atoms with Crippen molar-refractivity contribution in [3.8, 4) is 11.8 Å². The molecule has 1 aromatic heterocycles. The summed E-state index contributed by atoms with van der Waals surface area (Å²) in [5.74, 6) is 4.28. The SMILES string of the molecule is O=C(O)/C=C/c1cc(C#CCO)cs1. The molecular weight excluding hydrogens is 200 g/mol. The van der Waals surface area contributed by atoms with Gasteiger partial charge in [0.2, 0.25) is 0 Å². The standard InChI is InChI=1S/C10H8O3S/c11-5-1-2-8-6-9(14-7-8)3-4-10(12)13/h3-4,6-7,11H,5H2,(H,12,13)/b4-3+. The van der Waals surface area contributed by atoms with Gasteiger partial charge in [0, 0.05) is 21.9 Å². The molecular formula is C10H8O3S. The van der Waals surface area contributed by atoms with Crippen LogP contribution in [0.3, 0.4) is 0 Å². The Morgan fingerprint density at radius 2 is 2.43 bits per heavy atom. The predicted octanol–water partition coefficient (Wildman–Crippen LogP) is 1.19. The minimum absolute atomic E-state index is 0.170. The quantitative estimate of drug-likeness (QED) is 0.567. The first-order chi connectivity index (χ1) is 6.72. The highest BCUT2D eigenvalue weighted by Crippen LogP contribution is 2.15. The summed E-state index contributed by atoms with van der Waals surface area (Å²) < 4.78 is 0. The molecule has 0 spiro atoms. The number of hydrogen-bond acceptors (Lipinski definition) is 3. The Balaban J connectivity index is 2.73. The largest absolute Gasteiger partial charge is 0.478 e. The van der Waals surface area contributed by atoms with Crippen molar-refractivity contribution in [2.75, 3.05) is 6.61 Å². The number of thiophene rings is 1. The number of aliphatic hydroxyl groups is 1. The first-order valence-electron chi connectivity index (χ1n) is 3.81. The van der Waals surface area contributed by atoms with Gasteiger partial charge in [-0.1, -0.05) is 11.8 Å². The Morgan fingerprint density at radius 1 is 1.64 bits per heavy atom. The van der Waals surface area contributed by atoms with Crippen LogP contribution >= 0.6 is 11.3 Å². The molecule has 0 radical (unpaired) electrons. The third-order valence-corrected chi connectivity index (χ3v) is 2.22. The molecule has 4 heteroatoms. The summed E-state index contributed by atoms with van der Waals surface area (Å²) in [6.07, 6.45) is 2.59. The van der Waals surface area contributed by atoms with Gasteiger partial charge in [-0.05, 0) is 12.1 Å². The zero-order valence-electron chi connectivity index (χ0n) is 7.23. The average Bonchev–Trinajstić information content (AvgIpc) is 2.59. The van der Waals surface area contributed by atoms with E-state index in [-0.39, 0.29) is 6.61 Å². The zero-order valence-corrected chi connectivity index (χ0v) is 8.04. The lowest BCUT2D eigenvalue weighted by atomic mass is 10.3. The Bertz CT molecular complexity index is 406. The van der Waals surface area contributed by atoms with Crippen molar-refractivity contribution >= 4 is 23.4 Å². The van der Waals surface area contributed by atoms with Gasteiger partial charge in [-0.15, -0.1) is 11.3 Å². The lowest BCUT2D eigenvalue weighted by molar-refractivity contribution is -0.131. The minimum Gasteiger partial charge on any atom is -0.478 e. The molecule has 0 atom stereocenters. The Labute approximate surface area is 85.3 Å². The molecule has 0 aliphatic rings. The fourth-order valence-corrected chi connectivity index (χ4v) is 1.53. The summed E-state index contributed by atoms with van der Waals surface area (Å²) in [5.41, 5.74) is 0.786. The molecule has 0 amide bonds. The van der Waals surface area contributed by atoms with E-state index in [4.69, 9.17) is 10.2 Å². The van der Waals surface area contributed by atoms with Crippen LogP contribution in [0.15, 0.2) is 17.5 Å². The summed E-state index contributed by atoms with van der Waals surface area (Å²) >= 11 is 1.41. The molecule has 0 unspecified atom stereocenters. The van der Waals surface area contributed by atoms with Crippen LogP contribution in [0.4, 0.5) is 0 Å². The van der Waals surface area contributed by atoms with Gasteiger partial charge in [-0.25, -0.2) is 4.79 Å². The summed E-state index contributed by atoms with van der Waals surface area (Å²) in [7, 11) is 0. The van der Waals surface area contributed by atoms with E-state index in [0.717, 1.165) is 16.5 Å². The summed E-state index contributed by atoms with van der Waals surface area (Å²) in [6.45, 7) is -0.170. The highest BCUT2D eigenvalue weighted by atomic mass is 32.1. The Morgan fingerprint density at radius 3 is 3.07 bits per heavy atom. The van der Waals surface area contributed by atoms with Gasteiger partial charge >= 0.3 is 5.97 Å². The molecule has 3 nitrogen and oxygen atoms in total. The van der Waals surface area contributed by atoms with E-state index in [1.807, 2.05) is 5.38 Å². The van der Waals surface area contributed by atoms with Gasteiger partial charge < -0.3 is 10.2 Å². The van der Waals surface area contributed by atoms with Gasteiger partial charge in [0.15, 0.2) is 0 Å². The third-order valence-electron chi connectivity index (χ3n) is 1.32. The normalized spacial score (nSPS) is 9.79. The first kappa shape index (κ1) is 10.5. The summed E-state index contributed by atoms with van der Waals surface area (Å²) in [6, 6.07) is 1.77. The maximum absolute atomic E-state index is 10.2. The number of carboxylic acid groups (broad SMARTS) is 1. The van der Waals surface area contributed by atoms with Crippen molar-refractivity contribution in [2.24, 2.45) is 0 Å². The van der Waals surface area contributed by atoms with Crippen LogP contribution in [0.2, 0.25) is 0 Å². The fraction of sp³-hybridized carbons (Fsp3) is 0.100. The molecule has 2 N–H and O–H groups in total. The van der Waals surface area contributed by atoms with Gasteiger partial charge in [0.05, 0.1) is 0 Å². The van der Waals surface area contributed by atoms with Gasteiger partial charge in [0.25, 0.3) is 0 Å². The van der Waals surface area contributed by atoms with Crippen molar-refractivity contribution < 1.29 is 15.0 Å². The molecule has 1 heterocycles. The van der Waals surface area contributed by atoms with Gasteiger partial charge in [-0.2, -0.15) is 0 Å². The molecule has 14 heavy (non-hydrogen) atoms. The highest BCUT2D eigenvalue weighted by Gasteiger charge is 1.94. The number of aliphatic hydroxyl groups excluding tert-OH is 1. The monoisotopic (exact) mass is 208 g/mol. The second kappa shape index (κ2) is 5.22. The van der Waals surface area contributed by atoms with E-state index in [2.05, 4.69) is 11.8 Å². The van der Waals surface area contributed by atoms with Gasteiger partial charge in [-0.3, -0.25) is 0 Å². The van der Waals surface area contributed by atoms with Gasteiger partial charge in [0.1, 0.15) is 6.61 Å². The fourth-order valence-electron chi connectivity index (χ4n) is 0.801. The molecule has 0 saturated heterocycles. The lowest BCUT2D eigenvalue weighted by Crippen LogP contribution is -1.84. The molecule has 0 aromatic carbocycles. The van der Waals surface area contributed by atoms with Crippen molar-refractivity contribution in [3.63, 3.8) is 0 Å². The Hall–Kier alpha value is -1.57. The molecule has 0 aliphatic heterocycles. The predicted molar refractivity (Wildman–Crippen MR) is 55.0 cm³/mol. The molecule has 72 valence electrons. The summed E-state index contributed by atoms with van der Waals surface area (Å²) in [4.78, 5) is 11.0. The second-order valence-electron chi connectivity index (χ2n) is 2.37. The Kier molecular flexibility index (Phi) is 3.92. The number of carbonyl (C=O) groups is 1. The molecule has 1 rings (SSSR count). The summed E-state index contributed by atoms with van der Waals surface area (Å²) in [5, 5.41) is 18.6. The molecule has 0 bridgehead atoms. The lowest BCUT2D eigenvalue weighted by Gasteiger charge is -1.80. The number of aliphatic carboxylic acids is 1. The number of hydrogen-bond donors (Lipinski definition) is 2. The van der Waals surface area contributed by atoms with Crippen LogP contribution in [0, 0.1) is 11.8 Å². The smallest absolute Gasteiger partial charge is 0.328 e. The maximum atomic E-state index is 10.2. The average molecular weight is 208 g/mol. The molecule has 0 aliphatic carbocycles. The number of carboxylic acids is 1.